The number of nitrogens with one attached hydrogen (secondary N) is 4. The predicted octanol–water partition coefficient (Wildman–Crippen LogP) is 11.9. The molecule has 2 saturated heterocycles. The SMILES string of the molecule is C=CC(=O)N1CC(C2CCNc3c(C(N)=O)c(-c4ccc(OCc5ccccn5)cc4)nn32)C1.C=CC(=O)Nc1cc(Cl)ccc1C1CCNc2c(C(N)=O)c(-c3ccc(OCC4CC4)cc3)nn21.NC(=O)c1c(-c2ccc(Oc3ccccc3)cc2)nn2c1NCC[C@H]2C1CCN(C(=O)CCCl)CC1. The Kier molecular flexibility index (Phi) is 22.3. The predicted molar refractivity (Wildman–Crippen MR) is 403 cm³/mol. The normalized spacial score (nSPS) is 17.3. The monoisotopic (exact) mass is 1460 g/mol. The number of para-hydroxylation sites is 1. The average molecular weight is 1460 g/mol. The van der Waals surface area contributed by atoms with Gasteiger partial charge in [0.05, 0.1) is 30.4 Å². The first-order valence-corrected chi connectivity index (χ1v) is 36.1. The molecule has 1 aliphatic carbocycles. The van der Waals surface area contributed by atoms with Gasteiger partial charge in [0.25, 0.3) is 17.7 Å². The van der Waals surface area contributed by atoms with Gasteiger partial charge in [0.1, 0.15) is 80.8 Å². The van der Waals surface area contributed by atoms with Gasteiger partial charge in [-0.2, -0.15) is 15.3 Å². The standard InChI is InChI=1S/C27H30ClN5O3.C26H26ClN5O3.C25H26N6O3/c28-14-10-23(34)32-16-12-18(13-17-32)22-11-15-30-27-24(26(29)35)25(31-33(22)27)19-6-8-21(9-7-19)36-20-4-2-1-3-5-20;1-2-22(33)30-20-13-17(27)7-10-19(20)21-11-12-29-26-23(25(28)34)24(31-32(21)26)16-5-8-18(9-6-16)35-14-15-3-4-15;1-2-21(32)30-13-17(14-30)20-10-12-28-25-22(24(26)33)23(29-31(20)25)16-6-8-19(9-7-16)34-15-18-5-3-4-11-27-18/h1-9,18,22,30H,10-17H2,(H2,29,35);2,5-10,13,15,21,29H,1,3-4,11-12,14H2,(H2,28,34)(H,30,33);2-9,11,17,20,28H,1,10,12-15H2,(H2,26,33)/t22-;;/m0../s1. The zero-order chi connectivity index (χ0) is 73.3. The van der Waals surface area contributed by atoms with Gasteiger partial charge in [-0.3, -0.25) is 33.8 Å². The van der Waals surface area contributed by atoms with Crippen molar-refractivity contribution in [1.82, 2.24) is 44.1 Å². The highest BCUT2D eigenvalue weighted by atomic mass is 35.5. The third-order valence-corrected chi connectivity index (χ3v) is 20.2. The van der Waals surface area contributed by atoms with Crippen LogP contribution in [0.4, 0.5) is 23.1 Å². The number of hydrogen-bond donors (Lipinski definition) is 7. The summed E-state index contributed by atoms with van der Waals surface area (Å²) < 4.78 is 23.2. The number of likely N-dealkylation sites (tertiary alicyclic amines) is 2. The van der Waals surface area contributed by atoms with Crippen LogP contribution in [0, 0.1) is 17.8 Å². The van der Waals surface area contributed by atoms with Crippen LogP contribution >= 0.6 is 23.2 Å². The van der Waals surface area contributed by atoms with Crippen molar-refractivity contribution >= 4 is 81.8 Å². The largest absolute Gasteiger partial charge is 0.493 e. The first kappa shape index (κ1) is 71.9. The topological polar surface area (TPSA) is 329 Å². The molecule has 5 aliphatic heterocycles. The molecule has 542 valence electrons. The van der Waals surface area contributed by atoms with E-state index in [2.05, 4.69) is 39.4 Å². The summed E-state index contributed by atoms with van der Waals surface area (Å²) in [5, 5.41) is 27.8. The minimum atomic E-state index is -0.570. The van der Waals surface area contributed by atoms with E-state index in [1.165, 1.54) is 25.0 Å². The Morgan fingerprint density at radius 2 is 1.08 bits per heavy atom. The van der Waals surface area contributed by atoms with Crippen molar-refractivity contribution in [3.63, 3.8) is 0 Å². The van der Waals surface area contributed by atoms with Crippen LogP contribution in [0.15, 0.2) is 171 Å². The lowest BCUT2D eigenvalue weighted by molar-refractivity contribution is -0.133. The molecule has 3 atom stereocenters. The highest BCUT2D eigenvalue weighted by Crippen LogP contribution is 2.44. The van der Waals surface area contributed by atoms with Crippen LogP contribution in [0.3, 0.4) is 0 Å². The summed E-state index contributed by atoms with van der Waals surface area (Å²) in [5.41, 5.74) is 24.7. The van der Waals surface area contributed by atoms with Crippen LogP contribution in [0.1, 0.15) is 112 Å². The molecule has 3 fully saturated rings. The fourth-order valence-corrected chi connectivity index (χ4v) is 14.5. The molecule has 25 nitrogen and oxygen atoms in total. The van der Waals surface area contributed by atoms with E-state index in [0.717, 1.165) is 91.4 Å². The van der Waals surface area contributed by atoms with Crippen LogP contribution in [0.25, 0.3) is 33.8 Å². The van der Waals surface area contributed by atoms with E-state index in [4.69, 9.17) is 69.9 Å². The highest BCUT2D eigenvalue weighted by Gasteiger charge is 2.41. The molecule has 10 N–H and O–H groups in total. The van der Waals surface area contributed by atoms with Gasteiger partial charge in [-0.25, -0.2) is 14.0 Å². The highest BCUT2D eigenvalue weighted by molar-refractivity contribution is 6.31. The number of fused-ring (bicyclic) bond motifs is 3. The first-order chi connectivity index (χ1) is 51.0. The third kappa shape index (κ3) is 16.3. The van der Waals surface area contributed by atoms with Crippen LogP contribution < -0.4 is 52.7 Å². The Labute approximate surface area is 617 Å². The van der Waals surface area contributed by atoms with E-state index in [1.54, 1.807) is 27.9 Å². The number of nitrogens with two attached hydrogens (primary N) is 3. The van der Waals surface area contributed by atoms with E-state index in [0.29, 0.717) is 137 Å². The number of pyridine rings is 1. The van der Waals surface area contributed by atoms with Crippen molar-refractivity contribution in [3.05, 3.63) is 204 Å². The van der Waals surface area contributed by atoms with E-state index in [1.807, 2.05) is 142 Å². The number of halogens is 2. The molecule has 6 aliphatic rings. The molecule has 0 bridgehead atoms. The summed E-state index contributed by atoms with van der Waals surface area (Å²) >= 11 is 12.0. The number of carbonyl (C=O) groups is 6. The van der Waals surface area contributed by atoms with Gasteiger partial charge in [-0.05, 0) is 178 Å². The van der Waals surface area contributed by atoms with Crippen LogP contribution in [0.2, 0.25) is 5.02 Å². The number of nitrogens with zero attached hydrogens (tertiary/aromatic N) is 9. The number of rotatable bonds is 22. The van der Waals surface area contributed by atoms with Crippen LogP contribution in [-0.2, 0) is 21.0 Å². The van der Waals surface area contributed by atoms with Crippen molar-refractivity contribution in [2.24, 2.45) is 35.0 Å². The molecule has 6 amide bonds. The summed E-state index contributed by atoms with van der Waals surface area (Å²) in [6.45, 7) is 13.0. The summed E-state index contributed by atoms with van der Waals surface area (Å²) in [6.07, 6.45) is 11.3. The van der Waals surface area contributed by atoms with Crippen molar-refractivity contribution in [2.45, 2.75) is 76.1 Å². The molecule has 1 saturated carbocycles. The van der Waals surface area contributed by atoms with Crippen LogP contribution in [-0.4, -0.2) is 138 Å². The van der Waals surface area contributed by atoms with Gasteiger partial charge < -0.3 is 62.5 Å². The number of carbonyl (C=O) groups excluding carboxylic acids is 6. The van der Waals surface area contributed by atoms with Gasteiger partial charge >= 0.3 is 0 Å². The number of amides is 6. The molecule has 0 radical (unpaired) electrons. The zero-order valence-electron chi connectivity index (χ0n) is 57.8. The number of piperidine rings is 1. The Morgan fingerprint density at radius 1 is 0.562 bits per heavy atom. The fraction of sp³-hybridized carbons (Fsp3) is 0.308. The Balaban J connectivity index is 0.000000140. The van der Waals surface area contributed by atoms with E-state index in [-0.39, 0.29) is 41.8 Å². The smallest absolute Gasteiger partial charge is 0.254 e. The Morgan fingerprint density at radius 3 is 1.60 bits per heavy atom. The molecule has 105 heavy (non-hydrogen) atoms. The van der Waals surface area contributed by atoms with E-state index >= 15 is 0 Å². The van der Waals surface area contributed by atoms with E-state index < -0.39 is 17.7 Å². The summed E-state index contributed by atoms with van der Waals surface area (Å²) in [7, 11) is 0. The number of alkyl halides is 1. The second-order valence-corrected chi connectivity index (χ2v) is 27.4. The van der Waals surface area contributed by atoms with Gasteiger partial charge in [-0.1, -0.05) is 55.1 Å². The molecule has 0 spiro atoms. The molecule has 15 rings (SSSR count). The number of anilines is 4. The molecule has 9 heterocycles. The summed E-state index contributed by atoms with van der Waals surface area (Å²) in [4.78, 5) is 81.6. The minimum Gasteiger partial charge on any atom is -0.493 e. The number of benzene rings is 5. The fourth-order valence-electron chi connectivity index (χ4n) is 14.2. The lowest BCUT2D eigenvalue weighted by atomic mass is 9.86. The molecule has 2 unspecified atom stereocenters. The lowest BCUT2D eigenvalue weighted by Crippen LogP contribution is -2.53. The number of ether oxygens (including phenoxy) is 3. The second kappa shape index (κ2) is 32.5. The lowest BCUT2D eigenvalue weighted by Gasteiger charge is -2.44. The zero-order valence-corrected chi connectivity index (χ0v) is 59.3. The summed E-state index contributed by atoms with van der Waals surface area (Å²) in [6, 6.07) is 43.0. The molecular formula is C78H82Cl2N16O9. The quantitative estimate of drug-likeness (QED) is 0.0245. The van der Waals surface area contributed by atoms with E-state index in [9.17, 15) is 28.8 Å². The maximum absolute atomic E-state index is 12.5. The minimum absolute atomic E-state index is 0.0604. The Hall–Kier alpha value is -11.4. The first-order valence-electron chi connectivity index (χ1n) is 35.2. The average Bonchev–Trinajstić information content (AvgIpc) is 1.63. The van der Waals surface area contributed by atoms with Gasteiger partial charge in [0.2, 0.25) is 17.7 Å². The van der Waals surface area contributed by atoms with Crippen molar-refractivity contribution < 1.29 is 43.0 Å². The maximum Gasteiger partial charge on any atom is 0.254 e. The second-order valence-electron chi connectivity index (χ2n) is 26.6. The third-order valence-electron chi connectivity index (χ3n) is 19.7. The van der Waals surface area contributed by atoms with Gasteiger partial charge in [-0.15, -0.1) is 11.6 Å². The van der Waals surface area contributed by atoms with Gasteiger partial charge in [0.15, 0.2) is 0 Å². The molecule has 4 aromatic heterocycles. The van der Waals surface area contributed by atoms with Gasteiger partial charge in [0, 0.05) is 103 Å². The number of aromatic nitrogens is 7. The maximum atomic E-state index is 12.5. The Bertz CT molecular complexity index is 4670. The van der Waals surface area contributed by atoms with Crippen LogP contribution in [0.5, 0.6) is 23.0 Å². The van der Waals surface area contributed by atoms with Crippen molar-refractivity contribution in [1.29, 1.82) is 0 Å². The molecular weight excluding hydrogens is 1380 g/mol. The molecule has 27 heteroatoms. The van der Waals surface area contributed by atoms with Crippen molar-refractivity contribution in [2.75, 3.05) is 79.6 Å². The number of primary amides is 3. The molecule has 9 aromatic rings. The summed E-state index contributed by atoms with van der Waals surface area (Å²) in [5.74, 6) is 4.53. The van der Waals surface area contributed by atoms with Crippen molar-refractivity contribution in [3.8, 4) is 56.8 Å². The molecule has 5 aromatic carbocycles. The number of hydrogen-bond acceptors (Lipinski definition) is 16.